The molecule has 7 heteroatoms. The average molecular weight is 430 g/mol. The summed E-state index contributed by atoms with van der Waals surface area (Å²) in [5.41, 5.74) is 1.45. The summed E-state index contributed by atoms with van der Waals surface area (Å²) in [5, 5.41) is 7.04. The minimum atomic E-state index is -0.493. The Bertz CT molecular complexity index is 892. The zero-order valence-electron chi connectivity index (χ0n) is 19.1. The first kappa shape index (κ1) is 23.1. The van der Waals surface area contributed by atoms with Crippen LogP contribution < -0.4 is 10.6 Å². The van der Waals surface area contributed by atoms with Crippen molar-refractivity contribution in [2.45, 2.75) is 58.6 Å². The standard InChI is InChI=1S/C24H35N3O4/c1-24(2,3)31-23(29)25-16-17-8-10-18(11-9-17)22(28)26-20-6-5-7-21-19(20)12-13-27(21)14-15-30-4/h5-7,12-13,17-18H,8-11,14-16H2,1-4H3,(H,25,29)(H,26,28). The molecule has 1 aromatic carbocycles. The van der Waals surface area contributed by atoms with E-state index in [0.717, 1.165) is 48.8 Å². The number of aromatic nitrogens is 1. The lowest BCUT2D eigenvalue weighted by atomic mass is 9.81. The molecule has 0 aliphatic heterocycles. The van der Waals surface area contributed by atoms with Crippen LogP contribution in [-0.2, 0) is 20.8 Å². The zero-order valence-corrected chi connectivity index (χ0v) is 19.1. The molecular formula is C24H35N3O4. The fourth-order valence-corrected chi connectivity index (χ4v) is 4.12. The van der Waals surface area contributed by atoms with Crippen LogP contribution in [0.1, 0.15) is 46.5 Å². The summed E-state index contributed by atoms with van der Waals surface area (Å²) in [7, 11) is 1.69. The average Bonchev–Trinajstić information content (AvgIpc) is 3.14. The highest BCUT2D eigenvalue weighted by molar-refractivity contribution is 6.02. The summed E-state index contributed by atoms with van der Waals surface area (Å²) >= 11 is 0. The summed E-state index contributed by atoms with van der Waals surface area (Å²) in [5.74, 6) is 0.467. The van der Waals surface area contributed by atoms with Crippen molar-refractivity contribution in [2.75, 3.05) is 25.6 Å². The Kier molecular flexibility index (Phi) is 7.59. The van der Waals surface area contributed by atoms with Crippen LogP contribution in [-0.4, -0.2) is 42.4 Å². The number of ether oxygens (including phenoxy) is 2. The Morgan fingerprint density at radius 2 is 1.87 bits per heavy atom. The van der Waals surface area contributed by atoms with E-state index in [4.69, 9.17) is 9.47 Å². The summed E-state index contributed by atoms with van der Waals surface area (Å²) in [6.45, 7) is 7.57. The molecule has 2 aromatic rings. The first-order chi connectivity index (χ1) is 14.8. The number of methoxy groups -OCH3 is 1. The highest BCUT2D eigenvalue weighted by atomic mass is 16.6. The Hall–Kier alpha value is -2.54. The molecule has 31 heavy (non-hydrogen) atoms. The smallest absolute Gasteiger partial charge is 0.407 e. The molecule has 0 unspecified atom stereocenters. The molecule has 2 N–H and O–H groups in total. The fourth-order valence-electron chi connectivity index (χ4n) is 4.12. The molecule has 1 aliphatic rings. The minimum Gasteiger partial charge on any atom is -0.444 e. The van der Waals surface area contributed by atoms with Crippen LogP contribution in [0, 0.1) is 11.8 Å². The number of nitrogens with one attached hydrogen (secondary N) is 2. The molecule has 0 bridgehead atoms. The van der Waals surface area contributed by atoms with Crippen LogP contribution >= 0.6 is 0 Å². The van der Waals surface area contributed by atoms with Crippen molar-refractivity contribution < 1.29 is 19.1 Å². The molecule has 1 saturated carbocycles. The van der Waals surface area contributed by atoms with Crippen molar-refractivity contribution in [2.24, 2.45) is 11.8 Å². The van der Waals surface area contributed by atoms with Gasteiger partial charge in [-0.05, 0) is 70.6 Å². The van der Waals surface area contributed by atoms with Crippen molar-refractivity contribution in [3.8, 4) is 0 Å². The van der Waals surface area contributed by atoms with Crippen molar-refractivity contribution >= 4 is 28.6 Å². The highest BCUT2D eigenvalue weighted by Crippen LogP contribution is 2.31. The van der Waals surface area contributed by atoms with Gasteiger partial charge in [-0.3, -0.25) is 4.79 Å². The van der Waals surface area contributed by atoms with E-state index in [0.29, 0.717) is 19.1 Å². The lowest BCUT2D eigenvalue weighted by Gasteiger charge is -2.28. The predicted octanol–water partition coefficient (Wildman–Crippen LogP) is 4.56. The molecule has 3 rings (SSSR count). The number of fused-ring (bicyclic) bond motifs is 1. The Labute approximate surface area is 184 Å². The van der Waals surface area contributed by atoms with Crippen LogP contribution in [0.2, 0.25) is 0 Å². The summed E-state index contributed by atoms with van der Waals surface area (Å²) in [4.78, 5) is 24.7. The maximum Gasteiger partial charge on any atom is 0.407 e. The maximum atomic E-state index is 12.9. The van der Waals surface area contributed by atoms with Crippen LogP contribution in [0.5, 0.6) is 0 Å². The maximum absolute atomic E-state index is 12.9. The van der Waals surface area contributed by atoms with Crippen molar-refractivity contribution in [1.82, 2.24) is 9.88 Å². The van der Waals surface area contributed by atoms with Crippen LogP contribution in [0.4, 0.5) is 10.5 Å². The number of rotatable bonds is 7. The van der Waals surface area contributed by atoms with E-state index < -0.39 is 5.60 Å². The highest BCUT2D eigenvalue weighted by Gasteiger charge is 2.27. The van der Waals surface area contributed by atoms with Gasteiger partial charge in [0.15, 0.2) is 0 Å². The van der Waals surface area contributed by atoms with Crippen molar-refractivity contribution in [3.63, 3.8) is 0 Å². The van der Waals surface area contributed by atoms with E-state index in [9.17, 15) is 9.59 Å². The van der Waals surface area contributed by atoms with E-state index in [1.54, 1.807) is 7.11 Å². The number of carbonyl (C=O) groups excluding carboxylic acids is 2. The van der Waals surface area contributed by atoms with E-state index in [-0.39, 0.29) is 17.9 Å². The van der Waals surface area contributed by atoms with Crippen molar-refractivity contribution in [1.29, 1.82) is 0 Å². The summed E-state index contributed by atoms with van der Waals surface area (Å²) < 4.78 is 12.6. The van der Waals surface area contributed by atoms with Gasteiger partial charge in [0.2, 0.25) is 5.91 Å². The fraction of sp³-hybridized carbons (Fsp3) is 0.583. The molecule has 0 saturated heterocycles. The van der Waals surface area contributed by atoms with Gasteiger partial charge in [0, 0.05) is 37.7 Å². The topological polar surface area (TPSA) is 81.6 Å². The molecule has 170 valence electrons. The molecule has 1 aliphatic carbocycles. The number of alkyl carbamates (subject to hydrolysis) is 1. The number of hydrogen-bond donors (Lipinski definition) is 2. The van der Waals surface area contributed by atoms with E-state index >= 15 is 0 Å². The third-order valence-corrected chi connectivity index (χ3v) is 5.76. The zero-order chi connectivity index (χ0) is 22.4. The van der Waals surface area contributed by atoms with Crippen LogP contribution in [0.3, 0.4) is 0 Å². The Morgan fingerprint density at radius 1 is 1.13 bits per heavy atom. The minimum absolute atomic E-state index is 0.00334. The molecule has 1 fully saturated rings. The van der Waals surface area contributed by atoms with Gasteiger partial charge in [-0.25, -0.2) is 4.79 Å². The second kappa shape index (κ2) is 10.2. The molecular weight excluding hydrogens is 394 g/mol. The second-order valence-corrected chi connectivity index (χ2v) is 9.33. The predicted molar refractivity (Wildman–Crippen MR) is 122 cm³/mol. The quantitative estimate of drug-likeness (QED) is 0.676. The van der Waals surface area contributed by atoms with Crippen molar-refractivity contribution in [3.05, 3.63) is 30.5 Å². The largest absolute Gasteiger partial charge is 0.444 e. The lowest BCUT2D eigenvalue weighted by molar-refractivity contribution is -0.121. The van der Waals surface area contributed by atoms with Gasteiger partial charge in [-0.15, -0.1) is 0 Å². The first-order valence-electron chi connectivity index (χ1n) is 11.1. The third-order valence-electron chi connectivity index (χ3n) is 5.76. The van der Waals surface area contributed by atoms with Crippen LogP contribution in [0.15, 0.2) is 30.5 Å². The Morgan fingerprint density at radius 3 is 2.55 bits per heavy atom. The summed E-state index contributed by atoms with van der Waals surface area (Å²) in [6.07, 6.45) is 5.16. The Balaban J connectivity index is 1.50. The number of carbonyl (C=O) groups is 2. The first-order valence-corrected chi connectivity index (χ1v) is 11.1. The van der Waals surface area contributed by atoms with Gasteiger partial charge >= 0.3 is 6.09 Å². The number of hydrogen-bond acceptors (Lipinski definition) is 4. The van der Waals surface area contributed by atoms with Gasteiger partial charge in [-0.2, -0.15) is 0 Å². The second-order valence-electron chi connectivity index (χ2n) is 9.33. The number of anilines is 1. The monoisotopic (exact) mass is 429 g/mol. The van der Waals surface area contributed by atoms with Gasteiger partial charge in [0.05, 0.1) is 17.8 Å². The normalized spacial score (nSPS) is 19.2. The lowest BCUT2D eigenvalue weighted by Crippen LogP contribution is -2.37. The molecule has 0 atom stereocenters. The number of benzene rings is 1. The molecule has 2 amide bonds. The summed E-state index contributed by atoms with van der Waals surface area (Å²) in [6, 6.07) is 8.03. The van der Waals surface area contributed by atoms with E-state index in [1.165, 1.54) is 0 Å². The van der Waals surface area contributed by atoms with E-state index in [2.05, 4.69) is 21.3 Å². The third kappa shape index (κ3) is 6.47. The van der Waals surface area contributed by atoms with Gasteiger partial charge in [0.25, 0.3) is 0 Å². The number of amides is 2. The molecule has 1 heterocycles. The van der Waals surface area contributed by atoms with Crippen LogP contribution in [0.25, 0.3) is 10.9 Å². The van der Waals surface area contributed by atoms with Gasteiger partial charge in [0.1, 0.15) is 5.60 Å². The molecule has 0 radical (unpaired) electrons. The molecule has 1 aromatic heterocycles. The van der Waals surface area contributed by atoms with Gasteiger partial charge < -0.3 is 24.7 Å². The molecule has 7 nitrogen and oxygen atoms in total. The van der Waals surface area contributed by atoms with Gasteiger partial charge in [-0.1, -0.05) is 6.07 Å². The SMILES string of the molecule is COCCn1ccc2c(NC(=O)C3CCC(CNC(=O)OC(C)(C)C)CC3)cccc21. The molecule has 0 spiro atoms. The van der Waals surface area contributed by atoms with E-state index in [1.807, 2.05) is 45.2 Å². The number of nitrogens with zero attached hydrogens (tertiary/aromatic N) is 1.